The van der Waals surface area contributed by atoms with Crippen LogP contribution in [0, 0.1) is 18.3 Å². The van der Waals surface area contributed by atoms with Crippen LogP contribution in [0.1, 0.15) is 17.4 Å². The Morgan fingerprint density at radius 3 is 2.92 bits per heavy atom. The topological polar surface area (TPSA) is 49.6 Å². The lowest BCUT2D eigenvalue weighted by molar-refractivity contribution is 0.842. The lowest BCUT2D eigenvalue weighted by Gasteiger charge is -2.04. The van der Waals surface area contributed by atoms with Crippen molar-refractivity contribution in [1.82, 2.24) is 9.97 Å². The summed E-state index contributed by atoms with van der Waals surface area (Å²) in [4.78, 5) is 8.17. The van der Waals surface area contributed by atoms with E-state index in [0.29, 0.717) is 5.82 Å². The number of hydrogen-bond acceptors (Lipinski definition) is 3. The van der Waals surface area contributed by atoms with Gasteiger partial charge in [-0.15, -0.1) is 11.6 Å². The van der Waals surface area contributed by atoms with E-state index in [0.717, 1.165) is 10.2 Å². The fourth-order valence-electron chi connectivity index (χ4n) is 0.799. The summed E-state index contributed by atoms with van der Waals surface area (Å²) in [6.45, 7) is 1.85. The molecular weight excluding hydrogens is 253 g/mol. The lowest BCUT2D eigenvalue weighted by atomic mass is 10.2. The molecule has 0 aliphatic heterocycles. The molecule has 1 atom stereocenters. The molecule has 1 heterocycles. The Hall–Kier alpha value is -0.660. The largest absolute Gasteiger partial charge is 0.239 e. The van der Waals surface area contributed by atoms with Crippen molar-refractivity contribution in [2.45, 2.75) is 12.8 Å². The normalized spacial score (nSPS) is 12.2. The van der Waals surface area contributed by atoms with Crippen LogP contribution in [0.4, 0.5) is 0 Å². The van der Waals surface area contributed by atoms with E-state index in [2.05, 4.69) is 25.9 Å². The van der Waals surface area contributed by atoms with Crippen LogP contribution < -0.4 is 0 Å². The highest BCUT2D eigenvalue weighted by atomic mass is 79.9. The number of rotatable bonds is 2. The molecule has 0 aliphatic rings. The first-order valence-electron chi connectivity index (χ1n) is 3.63. The van der Waals surface area contributed by atoms with Gasteiger partial charge >= 0.3 is 0 Å². The molecule has 68 valence electrons. The quantitative estimate of drug-likeness (QED) is 0.767. The maximum absolute atomic E-state index is 8.71. The van der Waals surface area contributed by atoms with Gasteiger partial charge in [-0.05, 0) is 22.9 Å². The van der Waals surface area contributed by atoms with Crippen molar-refractivity contribution < 1.29 is 0 Å². The smallest absolute Gasteiger partial charge is 0.146 e. The van der Waals surface area contributed by atoms with Gasteiger partial charge in [-0.1, -0.05) is 0 Å². The summed E-state index contributed by atoms with van der Waals surface area (Å²) < 4.78 is 0.836. The molecule has 1 rings (SSSR count). The summed E-state index contributed by atoms with van der Waals surface area (Å²) in [6, 6.07) is 2.04. The number of halogens is 2. The van der Waals surface area contributed by atoms with Crippen LogP contribution in [0.25, 0.3) is 0 Å². The average molecular weight is 261 g/mol. The van der Waals surface area contributed by atoms with Crippen LogP contribution in [0.15, 0.2) is 10.7 Å². The average Bonchev–Trinajstić information content (AvgIpc) is 2.13. The molecule has 3 nitrogen and oxygen atoms in total. The predicted octanol–water partition coefficient (Wildman–Crippen LogP) is 2.39. The molecular formula is C8H7BrClN3. The highest BCUT2D eigenvalue weighted by Gasteiger charge is 2.12. The van der Waals surface area contributed by atoms with E-state index >= 15 is 0 Å². The second-order valence-corrected chi connectivity index (χ2v) is 3.66. The summed E-state index contributed by atoms with van der Waals surface area (Å²) in [5.41, 5.74) is 0.815. The Labute approximate surface area is 89.9 Å². The second kappa shape index (κ2) is 4.54. The molecule has 0 aromatic carbocycles. The van der Waals surface area contributed by atoms with Gasteiger partial charge in [0, 0.05) is 12.1 Å². The second-order valence-electron chi connectivity index (χ2n) is 2.50. The van der Waals surface area contributed by atoms with Crippen molar-refractivity contribution in [3.05, 3.63) is 22.2 Å². The van der Waals surface area contributed by atoms with Gasteiger partial charge in [0.25, 0.3) is 0 Å². The predicted molar refractivity (Wildman–Crippen MR) is 53.5 cm³/mol. The number of hydrogen-bond donors (Lipinski definition) is 0. The molecule has 0 spiro atoms. The van der Waals surface area contributed by atoms with Crippen molar-refractivity contribution in [3.8, 4) is 6.07 Å². The third-order valence-electron chi connectivity index (χ3n) is 1.56. The molecule has 0 fully saturated rings. The van der Waals surface area contributed by atoms with Gasteiger partial charge in [0.2, 0.25) is 0 Å². The molecule has 0 bridgehead atoms. The van der Waals surface area contributed by atoms with E-state index in [4.69, 9.17) is 16.9 Å². The Bertz CT molecular complexity index is 348. The molecule has 13 heavy (non-hydrogen) atoms. The summed E-state index contributed by atoms with van der Waals surface area (Å²) in [5, 5.41) is 8.71. The third-order valence-corrected chi connectivity index (χ3v) is 2.65. The lowest BCUT2D eigenvalue weighted by Crippen LogP contribution is -2.04. The first-order valence-corrected chi connectivity index (χ1v) is 4.96. The number of nitriles is 1. The van der Waals surface area contributed by atoms with Gasteiger partial charge in [0.1, 0.15) is 11.7 Å². The van der Waals surface area contributed by atoms with Crippen LogP contribution in [0.5, 0.6) is 0 Å². The minimum Gasteiger partial charge on any atom is -0.239 e. The van der Waals surface area contributed by atoms with Gasteiger partial charge in [-0.2, -0.15) is 5.26 Å². The standard InChI is InChI=1S/C8H7BrClN3/c1-5-7(9)4-12-8(13-5)6(2-10)3-11/h4,6H,2H2,1H3. The van der Waals surface area contributed by atoms with Crippen LogP contribution in [0.2, 0.25) is 0 Å². The van der Waals surface area contributed by atoms with Crippen LogP contribution in [-0.4, -0.2) is 15.8 Å². The maximum atomic E-state index is 8.71. The molecule has 0 saturated heterocycles. The molecule has 1 aromatic rings. The van der Waals surface area contributed by atoms with Crippen LogP contribution in [-0.2, 0) is 0 Å². The molecule has 0 saturated carbocycles. The summed E-state index contributed by atoms with van der Waals surface area (Å²) in [5.74, 6) is 0.282. The Balaban J connectivity index is 3.04. The monoisotopic (exact) mass is 259 g/mol. The fraction of sp³-hybridized carbons (Fsp3) is 0.375. The van der Waals surface area contributed by atoms with E-state index in [9.17, 15) is 0 Å². The van der Waals surface area contributed by atoms with E-state index in [1.165, 1.54) is 0 Å². The molecule has 1 aromatic heterocycles. The van der Waals surface area contributed by atoms with E-state index < -0.39 is 5.92 Å². The first-order chi connectivity index (χ1) is 6.19. The van der Waals surface area contributed by atoms with Crippen LogP contribution in [0.3, 0.4) is 0 Å². The zero-order chi connectivity index (χ0) is 9.84. The van der Waals surface area contributed by atoms with E-state index in [1.54, 1.807) is 6.20 Å². The van der Waals surface area contributed by atoms with E-state index in [-0.39, 0.29) is 5.88 Å². The van der Waals surface area contributed by atoms with Gasteiger partial charge in [0.15, 0.2) is 0 Å². The Morgan fingerprint density at radius 2 is 2.46 bits per heavy atom. The number of aromatic nitrogens is 2. The molecule has 5 heteroatoms. The fourth-order valence-corrected chi connectivity index (χ4v) is 1.20. The number of alkyl halides is 1. The Kier molecular flexibility index (Phi) is 3.64. The van der Waals surface area contributed by atoms with E-state index in [1.807, 2.05) is 13.0 Å². The highest BCUT2D eigenvalue weighted by molar-refractivity contribution is 9.10. The zero-order valence-electron chi connectivity index (χ0n) is 6.96. The summed E-state index contributed by atoms with van der Waals surface area (Å²) in [7, 11) is 0. The van der Waals surface area contributed by atoms with Crippen LogP contribution >= 0.6 is 27.5 Å². The SMILES string of the molecule is Cc1nc(C(C#N)CCl)ncc1Br. The Morgan fingerprint density at radius 1 is 1.77 bits per heavy atom. The first kappa shape index (κ1) is 10.4. The minimum atomic E-state index is -0.423. The van der Waals surface area contributed by atoms with Gasteiger partial charge < -0.3 is 0 Å². The van der Waals surface area contributed by atoms with Crippen molar-refractivity contribution in [1.29, 1.82) is 5.26 Å². The number of aryl methyl sites for hydroxylation is 1. The van der Waals surface area contributed by atoms with Crippen molar-refractivity contribution in [2.75, 3.05) is 5.88 Å². The van der Waals surface area contributed by atoms with Gasteiger partial charge in [-0.3, -0.25) is 0 Å². The number of nitrogens with zero attached hydrogens (tertiary/aromatic N) is 3. The maximum Gasteiger partial charge on any atom is 0.146 e. The molecule has 0 N–H and O–H groups in total. The van der Waals surface area contributed by atoms with Crippen molar-refractivity contribution in [2.24, 2.45) is 0 Å². The molecule has 0 amide bonds. The molecule has 1 unspecified atom stereocenters. The summed E-state index contributed by atoms with van der Waals surface area (Å²) in [6.07, 6.45) is 1.63. The van der Waals surface area contributed by atoms with Gasteiger partial charge in [0.05, 0.1) is 16.2 Å². The highest BCUT2D eigenvalue weighted by Crippen LogP contribution is 2.16. The summed E-state index contributed by atoms with van der Waals surface area (Å²) >= 11 is 8.86. The van der Waals surface area contributed by atoms with Crippen molar-refractivity contribution in [3.63, 3.8) is 0 Å². The van der Waals surface area contributed by atoms with Gasteiger partial charge in [-0.25, -0.2) is 9.97 Å². The molecule has 0 radical (unpaired) electrons. The third kappa shape index (κ3) is 2.39. The molecule has 0 aliphatic carbocycles. The minimum absolute atomic E-state index is 0.220. The zero-order valence-corrected chi connectivity index (χ0v) is 9.30. The van der Waals surface area contributed by atoms with Crippen molar-refractivity contribution >= 4 is 27.5 Å².